The van der Waals surface area contributed by atoms with Gasteiger partial charge in [-0.05, 0) is 6.42 Å². The number of nitrogens with zero attached hydrogens (tertiary/aromatic N) is 1. The minimum absolute atomic E-state index is 0.0953. The molecule has 0 aliphatic carbocycles. The molecule has 0 radical (unpaired) electrons. The lowest BCUT2D eigenvalue weighted by Crippen LogP contribution is -2.42. The van der Waals surface area contributed by atoms with Crippen molar-refractivity contribution in [2.24, 2.45) is 10.9 Å². The van der Waals surface area contributed by atoms with Crippen molar-refractivity contribution in [1.29, 1.82) is 0 Å². The quantitative estimate of drug-likeness (QED) is 0.314. The minimum atomic E-state index is -4.72. The van der Waals surface area contributed by atoms with Crippen LogP contribution in [0.4, 0.5) is 0 Å². The molecule has 3 unspecified atom stereocenters. The first kappa shape index (κ1) is 17.2. The molecule has 112 valence electrons. The van der Waals surface area contributed by atoms with E-state index in [1.807, 2.05) is 6.92 Å². The van der Waals surface area contributed by atoms with Crippen LogP contribution in [0.3, 0.4) is 0 Å². The molecule has 0 bridgehead atoms. The van der Waals surface area contributed by atoms with Gasteiger partial charge in [-0.15, -0.1) is 0 Å². The number of thiol groups is 1. The Balaban J connectivity index is 2.94. The van der Waals surface area contributed by atoms with Gasteiger partial charge in [0.25, 0.3) is 0 Å². The number of piperidine rings is 1. The predicted octanol–water partition coefficient (Wildman–Crippen LogP) is -0.00580. The molecule has 1 heterocycles. The Labute approximate surface area is 116 Å². The summed E-state index contributed by atoms with van der Waals surface area (Å²) in [5, 5.41) is 3.00. The molecule has 0 aromatic heterocycles. The number of rotatable bonds is 4. The van der Waals surface area contributed by atoms with Gasteiger partial charge in [-0.3, -0.25) is 14.1 Å². The second kappa shape index (κ2) is 6.26. The van der Waals surface area contributed by atoms with Gasteiger partial charge >= 0.3 is 15.2 Å². The molecular formula is C8H18N2O6P2S. The van der Waals surface area contributed by atoms with Gasteiger partial charge in [-0.2, -0.15) is 12.6 Å². The number of amidine groups is 1. The second-order valence-corrected chi connectivity index (χ2v) is 8.80. The Kier molecular flexibility index (Phi) is 5.66. The van der Waals surface area contributed by atoms with Gasteiger partial charge in [0.2, 0.25) is 0 Å². The van der Waals surface area contributed by atoms with Crippen LogP contribution in [0.15, 0.2) is 4.99 Å². The maximum absolute atomic E-state index is 11.3. The second-order valence-electron chi connectivity index (χ2n) is 4.60. The van der Waals surface area contributed by atoms with E-state index >= 15 is 0 Å². The van der Waals surface area contributed by atoms with Crippen molar-refractivity contribution in [1.82, 2.24) is 5.32 Å². The van der Waals surface area contributed by atoms with Crippen LogP contribution < -0.4 is 5.32 Å². The lowest BCUT2D eigenvalue weighted by Gasteiger charge is -2.28. The van der Waals surface area contributed by atoms with Crippen LogP contribution in [0.25, 0.3) is 0 Å². The zero-order chi connectivity index (χ0) is 14.8. The first-order chi connectivity index (χ1) is 8.49. The van der Waals surface area contributed by atoms with Gasteiger partial charge in [0, 0.05) is 17.7 Å². The van der Waals surface area contributed by atoms with E-state index < -0.39 is 27.1 Å². The van der Waals surface area contributed by atoms with Crippen molar-refractivity contribution >= 4 is 33.7 Å². The zero-order valence-electron chi connectivity index (χ0n) is 10.2. The Bertz CT molecular complexity index is 447. The highest BCUT2D eigenvalue weighted by Crippen LogP contribution is 2.49. The standard InChI is InChI=1S/C8H18N2O6P2S/c1-5-2-6(19)3-9-8(5)10-7(18(14,15)16)4-17(11,12)13/h5-7,19H,2-4H2,1H3,(H,9,10)(H2,11,12,13)(H2,14,15,16). The van der Waals surface area contributed by atoms with Crippen LogP contribution in [0, 0.1) is 5.92 Å². The van der Waals surface area contributed by atoms with Crippen molar-refractivity contribution < 1.29 is 28.7 Å². The van der Waals surface area contributed by atoms with Gasteiger partial charge in [-0.25, -0.2) is 0 Å². The average molecular weight is 332 g/mol. The molecule has 11 heteroatoms. The number of hydrogen-bond acceptors (Lipinski definition) is 4. The molecule has 19 heavy (non-hydrogen) atoms. The molecule has 1 aliphatic rings. The molecule has 0 aromatic rings. The lowest BCUT2D eigenvalue weighted by molar-refractivity contribution is 0.346. The molecule has 1 rings (SSSR count). The number of hydrogen-bond donors (Lipinski definition) is 6. The molecule has 0 saturated carbocycles. The van der Waals surface area contributed by atoms with E-state index in [0.29, 0.717) is 18.8 Å². The van der Waals surface area contributed by atoms with E-state index in [1.165, 1.54) is 0 Å². The largest absolute Gasteiger partial charge is 0.372 e. The molecule has 1 saturated heterocycles. The van der Waals surface area contributed by atoms with Crippen molar-refractivity contribution in [3.05, 3.63) is 0 Å². The van der Waals surface area contributed by atoms with E-state index in [9.17, 15) is 9.13 Å². The summed E-state index contributed by atoms with van der Waals surface area (Å²) in [5.74, 6) is -1.47. The highest BCUT2D eigenvalue weighted by atomic mass is 32.1. The maximum Gasteiger partial charge on any atom is 0.350 e. The van der Waals surface area contributed by atoms with Gasteiger partial charge in [-0.1, -0.05) is 6.92 Å². The van der Waals surface area contributed by atoms with Crippen molar-refractivity contribution in [2.45, 2.75) is 24.4 Å². The summed E-state index contributed by atoms with van der Waals surface area (Å²) in [7, 11) is -9.28. The van der Waals surface area contributed by atoms with E-state index in [4.69, 9.17) is 19.6 Å². The van der Waals surface area contributed by atoms with E-state index in [1.54, 1.807) is 0 Å². The van der Waals surface area contributed by atoms with Crippen LogP contribution in [0.5, 0.6) is 0 Å². The SMILES string of the molecule is CC1CC(S)CN/C1=N/C(CP(=O)(O)O)P(=O)(O)O. The highest BCUT2D eigenvalue weighted by Gasteiger charge is 2.36. The van der Waals surface area contributed by atoms with Crippen molar-refractivity contribution in [3.63, 3.8) is 0 Å². The Morgan fingerprint density at radius 2 is 2.00 bits per heavy atom. The third-order valence-corrected chi connectivity index (χ3v) is 5.27. The summed E-state index contributed by atoms with van der Waals surface area (Å²) in [6, 6.07) is 0. The van der Waals surface area contributed by atoms with Gasteiger partial charge < -0.3 is 24.9 Å². The van der Waals surface area contributed by atoms with Crippen LogP contribution >= 0.6 is 27.8 Å². The molecule has 5 N–H and O–H groups in total. The molecular weight excluding hydrogens is 314 g/mol. The van der Waals surface area contributed by atoms with Gasteiger partial charge in [0.05, 0.1) is 6.16 Å². The summed E-state index contributed by atoms with van der Waals surface area (Å²) in [4.78, 5) is 39.8. The van der Waals surface area contributed by atoms with E-state index in [-0.39, 0.29) is 11.2 Å². The summed E-state index contributed by atoms with van der Waals surface area (Å²) in [6.07, 6.45) is -0.293. The molecule has 0 aromatic carbocycles. The topological polar surface area (TPSA) is 139 Å². The van der Waals surface area contributed by atoms with Crippen molar-refractivity contribution in [2.75, 3.05) is 12.7 Å². The number of aliphatic imine (C=N–C) groups is 1. The molecule has 8 nitrogen and oxygen atoms in total. The van der Waals surface area contributed by atoms with Crippen molar-refractivity contribution in [3.8, 4) is 0 Å². The third kappa shape index (κ3) is 5.95. The fourth-order valence-corrected chi connectivity index (χ4v) is 4.45. The summed E-state index contributed by atoms with van der Waals surface area (Å²) in [5.41, 5.74) is 0. The van der Waals surface area contributed by atoms with Crippen LogP contribution in [0.1, 0.15) is 13.3 Å². The molecule has 1 fully saturated rings. The van der Waals surface area contributed by atoms with Crippen LogP contribution in [-0.2, 0) is 9.13 Å². The Morgan fingerprint density at radius 3 is 2.42 bits per heavy atom. The van der Waals surface area contributed by atoms with E-state index in [2.05, 4.69) is 22.9 Å². The maximum atomic E-state index is 11.3. The van der Waals surface area contributed by atoms with Crippen LogP contribution in [0.2, 0.25) is 0 Å². The summed E-state index contributed by atoms with van der Waals surface area (Å²) < 4.78 is 22.2. The highest BCUT2D eigenvalue weighted by molar-refractivity contribution is 7.81. The van der Waals surface area contributed by atoms with Crippen LogP contribution in [-0.4, -0.2) is 49.1 Å². The Hall–Kier alpha value is 0.120. The monoisotopic (exact) mass is 332 g/mol. The number of nitrogens with one attached hydrogen (secondary N) is 1. The summed E-state index contributed by atoms with van der Waals surface area (Å²) >= 11 is 4.28. The molecule has 1 aliphatic heterocycles. The van der Waals surface area contributed by atoms with E-state index in [0.717, 1.165) is 0 Å². The zero-order valence-corrected chi connectivity index (χ0v) is 12.9. The predicted molar refractivity (Wildman–Crippen MR) is 74.7 cm³/mol. The normalized spacial score (nSPS) is 29.1. The lowest BCUT2D eigenvalue weighted by atomic mass is 10.00. The van der Waals surface area contributed by atoms with Gasteiger partial charge in [0.1, 0.15) is 5.84 Å². The third-order valence-electron chi connectivity index (χ3n) is 2.69. The summed E-state index contributed by atoms with van der Waals surface area (Å²) in [6.45, 7) is 2.30. The van der Waals surface area contributed by atoms with Gasteiger partial charge in [0.15, 0.2) is 5.78 Å². The first-order valence-corrected chi connectivity index (χ1v) is 9.58. The minimum Gasteiger partial charge on any atom is -0.372 e. The Morgan fingerprint density at radius 1 is 1.42 bits per heavy atom. The fraction of sp³-hybridized carbons (Fsp3) is 0.875. The molecule has 3 atom stereocenters. The first-order valence-electron chi connectivity index (χ1n) is 5.58. The average Bonchev–Trinajstić information content (AvgIpc) is 2.17. The smallest absolute Gasteiger partial charge is 0.350 e. The molecule has 0 amide bonds. The fourth-order valence-electron chi connectivity index (χ4n) is 1.77. The molecule has 0 spiro atoms.